The summed E-state index contributed by atoms with van der Waals surface area (Å²) in [7, 11) is 0. The van der Waals surface area contributed by atoms with E-state index in [-0.39, 0.29) is 12.1 Å². The lowest BCUT2D eigenvalue weighted by molar-refractivity contribution is -0.145. The number of hydrogen-bond donors (Lipinski definition) is 0. The normalized spacial score (nSPS) is 23.3. The molecule has 96 valence electrons. The second-order valence-electron chi connectivity index (χ2n) is 5.53. The molecule has 0 aromatic rings. The zero-order valence-corrected chi connectivity index (χ0v) is 10.7. The van der Waals surface area contributed by atoms with E-state index in [0.29, 0.717) is 5.92 Å². The van der Waals surface area contributed by atoms with Gasteiger partial charge in [-0.2, -0.15) is 0 Å². The van der Waals surface area contributed by atoms with Crippen LogP contribution in [0.4, 0.5) is 0 Å². The molecule has 0 aromatic heterocycles. The van der Waals surface area contributed by atoms with Gasteiger partial charge in [-0.15, -0.1) is 0 Å². The Morgan fingerprint density at radius 3 is 2.00 bits per heavy atom. The van der Waals surface area contributed by atoms with Crippen molar-refractivity contribution in [2.24, 2.45) is 5.92 Å². The first-order valence-corrected chi connectivity index (χ1v) is 7.17. The summed E-state index contributed by atoms with van der Waals surface area (Å²) in [6.45, 7) is 3.95. The van der Waals surface area contributed by atoms with Crippen LogP contribution in [0.3, 0.4) is 0 Å². The van der Waals surface area contributed by atoms with Gasteiger partial charge in [-0.1, -0.05) is 32.3 Å². The van der Waals surface area contributed by atoms with Crippen molar-refractivity contribution >= 4 is 5.97 Å². The molecule has 0 amide bonds. The standard InChI is InChI=1S/C15H24O2/c1-12(13-8-6-7-9-13)15(16)17-14-10-4-2-3-5-11-14/h13-14H,1-11H2. The number of ether oxygens (including phenoxy) is 1. The molecular formula is C15H24O2. The fraction of sp³-hybridized carbons (Fsp3) is 0.800. The largest absolute Gasteiger partial charge is 0.459 e. The minimum Gasteiger partial charge on any atom is -0.459 e. The average molecular weight is 236 g/mol. The molecule has 2 heteroatoms. The van der Waals surface area contributed by atoms with Crippen LogP contribution in [0.25, 0.3) is 0 Å². The van der Waals surface area contributed by atoms with Gasteiger partial charge in [-0.25, -0.2) is 4.79 Å². The van der Waals surface area contributed by atoms with Crippen molar-refractivity contribution < 1.29 is 9.53 Å². The highest BCUT2D eigenvalue weighted by molar-refractivity contribution is 5.88. The van der Waals surface area contributed by atoms with Crippen molar-refractivity contribution in [1.29, 1.82) is 0 Å². The third-order valence-corrected chi connectivity index (χ3v) is 4.19. The summed E-state index contributed by atoms with van der Waals surface area (Å²) < 4.78 is 5.61. The van der Waals surface area contributed by atoms with E-state index in [2.05, 4.69) is 6.58 Å². The summed E-state index contributed by atoms with van der Waals surface area (Å²) in [4.78, 5) is 12.0. The van der Waals surface area contributed by atoms with E-state index in [1.54, 1.807) is 0 Å². The molecule has 0 bridgehead atoms. The van der Waals surface area contributed by atoms with Gasteiger partial charge in [-0.3, -0.25) is 0 Å². The zero-order valence-electron chi connectivity index (χ0n) is 10.7. The van der Waals surface area contributed by atoms with Crippen molar-refractivity contribution in [2.75, 3.05) is 0 Å². The molecule has 0 aromatic carbocycles. The number of rotatable bonds is 3. The zero-order chi connectivity index (χ0) is 12.1. The molecule has 0 spiro atoms. The molecule has 2 saturated carbocycles. The molecule has 0 radical (unpaired) electrons. The molecule has 0 N–H and O–H groups in total. The summed E-state index contributed by atoms with van der Waals surface area (Å²) in [6, 6.07) is 0. The number of esters is 1. The molecule has 0 heterocycles. The van der Waals surface area contributed by atoms with E-state index in [1.165, 1.54) is 38.5 Å². The van der Waals surface area contributed by atoms with Crippen LogP contribution in [0.1, 0.15) is 64.2 Å². The highest BCUT2D eigenvalue weighted by Crippen LogP contribution is 2.31. The number of carbonyl (C=O) groups is 1. The van der Waals surface area contributed by atoms with Gasteiger partial charge >= 0.3 is 5.97 Å². The minimum absolute atomic E-state index is 0.121. The third-order valence-electron chi connectivity index (χ3n) is 4.19. The van der Waals surface area contributed by atoms with E-state index in [1.807, 2.05) is 0 Å². The van der Waals surface area contributed by atoms with Crippen LogP contribution in [0.15, 0.2) is 12.2 Å². The molecule has 2 aliphatic carbocycles. The maximum atomic E-state index is 12.0. The van der Waals surface area contributed by atoms with Crippen LogP contribution in [0.2, 0.25) is 0 Å². The summed E-state index contributed by atoms with van der Waals surface area (Å²) in [5.41, 5.74) is 0.728. The van der Waals surface area contributed by atoms with Gasteiger partial charge in [-0.05, 0) is 44.4 Å². The Bertz CT molecular complexity index is 269. The lowest BCUT2D eigenvalue weighted by Crippen LogP contribution is -2.21. The molecule has 2 nitrogen and oxygen atoms in total. The molecule has 2 aliphatic rings. The van der Waals surface area contributed by atoms with E-state index in [9.17, 15) is 4.79 Å². The number of hydrogen-bond acceptors (Lipinski definition) is 2. The molecule has 2 rings (SSSR count). The highest BCUT2D eigenvalue weighted by Gasteiger charge is 2.25. The number of carbonyl (C=O) groups excluding carboxylic acids is 1. The summed E-state index contributed by atoms with van der Waals surface area (Å²) >= 11 is 0. The molecular weight excluding hydrogens is 212 g/mol. The SMILES string of the molecule is C=C(C(=O)OC1CCCCCC1)C1CCCC1. The maximum Gasteiger partial charge on any atom is 0.333 e. The second-order valence-corrected chi connectivity index (χ2v) is 5.53. The van der Waals surface area contributed by atoms with Crippen LogP contribution in [0.5, 0.6) is 0 Å². The Morgan fingerprint density at radius 2 is 1.41 bits per heavy atom. The first kappa shape index (κ1) is 12.7. The van der Waals surface area contributed by atoms with Crippen LogP contribution in [-0.2, 0) is 9.53 Å². The third kappa shape index (κ3) is 3.58. The lowest BCUT2D eigenvalue weighted by Gasteiger charge is -2.18. The molecule has 2 fully saturated rings. The van der Waals surface area contributed by atoms with Gasteiger partial charge < -0.3 is 4.74 Å². The van der Waals surface area contributed by atoms with Gasteiger partial charge in [0.15, 0.2) is 0 Å². The monoisotopic (exact) mass is 236 g/mol. The molecule has 0 atom stereocenters. The van der Waals surface area contributed by atoms with Gasteiger partial charge in [0.1, 0.15) is 6.10 Å². The molecule has 0 saturated heterocycles. The fourth-order valence-corrected chi connectivity index (χ4v) is 3.03. The fourth-order valence-electron chi connectivity index (χ4n) is 3.03. The van der Waals surface area contributed by atoms with E-state index < -0.39 is 0 Å². The van der Waals surface area contributed by atoms with Crippen molar-refractivity contribution in [1.82, 2.24) is 0 Å². The Morgan fingerprint density at radius 1 is 0.882 bits per heavy atom. The first-order chi connectivity index (χ1) is 8.27. The lowest BCUT2D eigenvalue weighted by atomic mass is 9.99. The minimum atomic E-state index is -0.121. The van der Waals surface area contributed by atoms with Gasteiger partial charge in [0, 0.05) is 5.57 Å². The maximum absolute atomic E-state index is 12.0. The first-order valence-electron chi connectivity index (χ1n) is 7.17. The van der Waals surface area contributed by atoms with Crippen molar-refractivity contribution in [3.8, 4) is 0 Å². The van der Waals surface area contributed by atoms with Gasteiger partial charge in [0.2, 0.25) is 0 Å². The van der Waals surface area contributed by atoms with E-state index in [0.717, 1.165) is 31.3 Å². The second kappa shape index (κ2) is 6.23. The summed E-state index contributed by atoms with van der Waals surface area (Å²) in [6.07, 6.45) is 11.9. The Balaban J connectivity index is 1.80. The predicted molar refractivity (Wildman–Crippen MR) is 68.7 cm³/mol. The Kier molecular flexibility index (Phi) is 4.64. The molecule has 0 aliphatic heterocycles. The Hall–Kier alpha value is -0.790. The van der Waals surface area contributed by atoms with Gasteiger partial charge in [0.25, 0.3) is 0 Å². The quantitative estimate of drug-likeness (QED) is 0.420. The van der Waals surface area contributed by atoms with Crippen molar-refractivity contribution in [2.45, 2.75) is 70.3 Å². The summed E-state index contributed by atoms with van der Waals surface area (Å²) in [5.74, 6) is 0.275. The van der Waals surface area contributed by atoms with Crippen molar-refractivity contribution in [3.63, 3.8) is 0 Å². The van der Waals surface area contributed by atoms with Crippen LogP contribution < -0.4 is 0 Å². The van der Waals surface area contributed by atoms with Crippen LogP contribution in [-0.4, -0.2) is 12.1 Å². The summed E-state index contributed by atoms with van der Waals surface area (Å²) in [5, 5.41) is 0. The predicted octanol–water partition coefficient (Wildman–Crippen LogP) is 4.00. The smallest absolute Gasteiger partial charge is 0.333 e. The average Bonchev–Trinajstić information content (AvgIpc) is 2.74. The molecule has 17 heavy (non-hydrogen) atoms. The Labute approximate surface area is 104 Å². The topological polar surface area (TPSA) is 26.3 Å². The van der Waals surface area contributed by atoms with Gasteiger partial charge in [0.05, 0.1) is 0 Å². The van der Waals surface area contributed by atoms with E-state index >= 15 is 0 Å². The molecule has 0 unspecified atom stereocenters. The van der Waals surface area contributed by atoms with Crippen LogP contribution >= 0.6 is 0 Å². The van der Waals surface area contributed by atoms with Crippen LogP contribution in [0, 0.1) is 5.92 Å². The van der Waals surface area contributed by atoms with Crippen molar-refractivity contribution in [3.05, 3.63) is 12.2 Å². The highest BCUT2D eigenvalue weighted by atomic mass is 16.5. The van der Waals surface area contributed by atoms with E-state index in [4.69, 9.17) is 4.74 Å².